The molecule has 0 aliphatic heterocycles. The first-order valence-corrected chi connectivity index (χ1v) is 8.50. The van der Waals surface area contributed by atoms with Crippen LogP contribution in [0.1, 0.15) is 56.8 Å². The number of methoxy groups -OCH3 is 1. The smallest absolute Gasteiger partial charge is 0.407 e. The van der Waals surface area contributed by atoms with Gasteiger partial charge < -0.3 is 20.5 Å². The van der Waals surface area contributed by atoms with Crippen molar-refractivity contribution in [2.75, 3.05) is 13.7 Å². The van der Waals surface area contributed by atoms with Crippen LogP contribution in [0.5, 0.6) is 0 Å². The molecule has 1 aromatic heterocycles. The second-order valence-corrected chi connectivity index (χ2v) is 6.52. The Labute approximate surface area is 158 Å². The van der Waals surface area contributed by atoms with Crippen molar-refractivity contribution < 1.29 is 28.2 Å². The quantitative estimate of drug-likeness (QED) is 0.423. The average molecular weight is 385 g/mol. The summed E-state index contributed by atoms with van der Waals surface area (Å²) in [5.74, 6) is -1.81. The van der Waals surface area contributed by atoms with Gasteiger partial charge in [0.1, 0.15) is 5.60 Å². The second kappa shape index (κ2) is 12.6. The third-order valence-corrected chi connectivity index (χ3v) is 2.98. The summed E-state index contributed by atoms with van der Waals surface area (Å²) >= 11 is 0. The van der Waals surface area contributed by atoms with Crippen molar-refractivity contribution in [2.24, 2.45) is 5.73 Å². The molecule has 9 heteroatoms. The van der Waals surface area contributed by atoms with Crippen molar-refractivity contribution >= 4 is 18.0 Å². The van der Waals surface area contributed by atoms with Crippen LogP contribution in [0.25, 0.3) is 0 Å². The van der Waals surface area contributed by atoms with Crippen LogP contribution in [-0.4, -0.2) is 42.2 Å². The molecule has 0 saturated heterocycles. The zero-order valence-corrected chi connectivity index (χ0v) is 16.2. The molecule has 0 aliphatic rings. The van der Waals surface area contributed by atoms with Crippen LogP contribution in [0.2, 0.25) is 0 Å². The Kier molecular flexibility index (Phi) is 11.3. The number of hydrogen-bond acceptors (Lipinski definition) is 6. The highest BCUT2D eigenvalue weighted by atomic mass is 19.1. The van der Waals surface area contributed by atoms with E-state index in [1.54, 1.807) is 0 Å². The molecular formula is C18H28FN3O5. The molecule has 1 heterocycles. The molecule has 3 N–H and O–H groups in total. The Hall–Kier alpha value is -2.71. The maximum atomic E-state index is 12.4. The number of halogens is 1. The maximum Gasteiger partial charge on any atom is 0.407 e. The largest absolute Gasteiger partial charge is 0.469 e. The summed E-state index contributed by atoms with van der Waals surface area (Å²) < 4.78 is 22.0. The van der Waals surface area contributed by atoms with Crippen LogP contribution in [0.4, 0.5) is 9.18 Å². The van der Waals surface area contributed by atoms with Crippen LogP contribution >= 0.6 is 0 Å². The summed E-state index contributed by atoms with van der Waals surface area (Å²) in [6.45, 7) is 6.03. The van der Waals surface area contributed by atoms with Crippen molar-refractivity contribution in [3.63, 3.8) is 0 Å². The fourth-order valence-corrected chi connectivity index (χ4v) is 1.75. The molecule has 2 amide bonds. The molecule has 0 radical (unpaired) electrons. The summed E-state index contributed by atoms with van der Waals surface area (Å²) in [5, 5.41) is 2.66. The number of nitrogens with one attached hydrogen (secondary N) is 1. The van der Waals surface area contributed by atoms with Gasteiger partial charge in [-0.1, -0.05) is 6.42 Å². The van der Waals surface area contributed by atoms with Gasteiger partial charge in [0, 0.05) is 19.2 Å². The fraction of sp³-hybridized carbons (Fsp3) is 0.556. The number of amides is 2. The topological polar surface area (TPSA) is 121 Å². The molecule has 0 aromatic carbocycles. The molecule has 0 unspecified atom stereocenters. The third kappa shape index (κ3) is 13.2. The highest BCUT2D eigenvalue weighted by molar-refractivity contribution is 5.92. The number of rotatable bonds is 7. The van der Waals surface area contributed by atoms with Crippen molar-refractivity contribution in [1.29, 1.82) is 0 Å². The van der Waals surface area contributed by atoms with E-state index in [1.807, 2.05) is 20.8 Å². The lowest BCUT2D eigenvalue weighted by Crippen LogP contribution is -2.32. The number of carbonyl (C=O) groups excluding carboxylic acids is 3. The van der Waals surface area contributed by atoms with Gasteiger partial charge in [0.15, 0.2) is 0 Å². The minimum atomic E-state index is -0.824. The first-order chi connectivity index (χ1) is 12.6. The molecule has 0 aliphatic carbocycles. The van der Waals surface area contributed by atoms with Crippen molar-refractivity contribution in [1.82, 2.24) is 10.3 Å². The summed E-state index contributed by atoms with van der Waals surface area (Å²) in [6, 6.07) is 2.73. The number of primary amides is 1. The van der Waals surface area contributed by atoms with Crippen LogP contribution in [0.3, 0.4) is 0 Å². The fourth-order valence-electron chi connectivity index (χ4n) is 1.75. The highest BCUT2D eigenvalue weighted by Crippen LogP contribution is 2.06. The number of nitrogens with two attached hydrogens (primary N) is 1. The molecule has 0 atom stereocenters. The number of carbonyl (C=O) groups is 3. The van der Waals surface area contributed by atoms with Gasteiger partial charge in [-0.25, -0.2) is 9.78 Å². The van der Waals surface area contributed by atoms with Crippen LogP contribution < -0.4 is 11.1 Å². The van der Waals surface area contributed by atoms with Gasteiger partial charge in [-0.05, 0) is 45.7 Å². The monoisotopic (exact) mass is 385 g/mol. The highest BCUT2D eigenvalue weighted by Gasteiger charge is 2.15. The van der Waals surface area contributed by atoms with Crippen molar-refractivity contribution in [2.45, 2.75) is 52.1 Å². The Morgan fingerprint density at radius 2 is 1.89 bits per heavy atom. The average Bonchev–Trinajstić information content (AvgIpc) is 2.56. The van der Waals surface area contributed by atoms with E-state index in [0.717, 1.165) is 19.3 Å². The van der Waals surface area contributed by atoms with E-state index >= 15 is 0 Å². The number of unbranched alkanes of at least 4 members (excludes halogenated alkanes) is 2. The SMILES string of the molecule is COC(=O)CCCCCNC(=O)OC(C)(C)C.NC(=O)c1cccnc1F. The maximum absolute atomic E-state index is 12.4. The summed E-state index contributed by atoms with van der Waals surface area (Å²) in [5.41, 5.74) is 4.15. The third-order valence-electron chi connectivity index (χ3n) is 2.98. The summed E-state index contributed by atoms with van der Waals surface area (Å²) in [6.07, 6.45) is 3.78. The number of aromatic nitrogens is 1. The zero-order valence-electron chi connectivity index (χ0n) is 16.2. The lowest BCUT2D eigenvalue weighted by Gasteiger charge is -2.19. The summed E-state index contributed by atoms with van der Waals surface area (Å²) in [7, 11) is 1.38. The predicted molar refractivity (Wildman–Crippen MR) is 97.4 cm³/mol. The minimum Gasteiger partial charge on any atom is -0.469 e. The zero-order chi connectivity index (χ0) is 20.9. The molecule has 1 rings (SSSR count). The van der Waals surface area contributed by atoms with E-state index in [-0.39, 0.29) is 11.5 Å². The molecule has 0 fully saturated rings. The molecule has 0 saturated carbocycles. The first-order valence-electron chi connectivity index (χ1n) is 8.50. The van der Waals surface area contributed by atoms with Gasteiger partial charge in [-0.15, -0.1) is 0 Å². The molecule has 0 spiro atoms. The van der Waals surface area contributed by atoms with Gasteiger partial charge in [0.25, 0.3) is 5.91 Å². The van der Waals surface area contributed by atoms with Crippen molar-refractivity contribution in [3.8, 4) is 0 Å². The van der Waals surface area contributed by atoms with E-state index in [1.165, 1.54) is 25.4 Å². The van der Waals surface area contributed by atoms with Gasteiger partial charge in [-0.3, -0.25) is 9.59 Å². The van der Waals surface area contributed by atoms with E-state index < -0.39 is 23.5 Å². The minimum absolute atomic E-state index is 0.178. The molecule has 0 bridgehead atoms. The van der Waals surface area contributed by atoms with Gasteiger partial charge in [0.2, 0.25) is 5.95 Å². The molecular weight excluding hydrogens is 357 g/mol. The number of pyridine rings is 1. The Morgan fingerprint density at radius 1 is 1.22 bits per heavy atom. The molecule has 8 nitrogen and oxygen atoms in total. The normalized spacial score (nSPS) is 10.3. The van der Waals surface area contributed by atoms with E-state index in [9.17, 15) is 18.8 Å². The first kappa shape index (κ1) is 24.3. The number of nitrogens with zero attached hydrogens (tertiary/aromatic N) is 1. The predicted octanol–water partition coefficient (Wildman–Crippen LogP) is 2.56. The van der Waals surface area contributed by atoms with Gasteiger partial charge >= 0.3 is 12.1 Å². The Balaban J connectivity index is 0.000000569. The standard InChI is InChI=1S/C12H23NO4.C6H5FN2O/c1-12(2,3)17-11(15)13-9-7-5-6-8-10(14)16-4;7-5-4(6(8)10)2-1-3-9-5/h5-9H2,1-4H3,(H,13,15);1-3H,(H2,8,10). The number of alkyl carbamates (subject to hydrolysis) is 1. The van der Waals surface area contributed by atoms with Crippen LogP contribution in [0.15, 0.2) is 18.3 Å². The number of ether oxygens (including phenoxy) is 2. The van der Waals surface area contributed by atoms with Crippen LogP contribution in [-0.2, 0) is 14.3 Å². The van der Waals surface area contributed by atoms with Crippen molar-refractivity contribution in [3.05, 3.63) is 29.8 Å². The number of hydrogen-bond donors (Lipinski definition) is 2. The molecule has 1 aromatic rings. The van der Waals surface area contributed by atoms with E-state index in [2.05, 4.69) is 15.0 Å². The lowest BCUT2D eigenvalue weighted by atomic mass is 10.2. The second-order valence-electron chi connectivity index (χ2n) is 6.52. The van der Waals surface area contributed by atoms with Gasteiger partial charge in [0.05, 0.1) is 12.7 Å². The Bertz CT molecular complexity index is 617. The van der Waals surface area contributed by atoms with Crippen LogP contribution in [0, 0.1) is 5.95 Å². The molecule has 152 valence electrons. The van der Waals surface area contributed by atoms with E-state index in [4.69, 9.17) is 10.5 Å². The van der Waals surface area contributed by atoms with Gasteiger partial charge in [-0.2, -0.15) is 4.39 Å². The lowest BCUT2D eigenvalue weighted by molar-refractivity contribution is -0.140. The summed E-state index contributed by atoms with van der Waals surface area (Å²) in [4.78, 5) is 35.6. The van der Waals surface area contributed by atoms with E-state index in [0.29, 0.717) is 13.0 Å². The Morgan fingerprint density at radius 3 is 2.37 bits per heavy atom. The number of esters is 1. The molecule has 27 heavy (non-hydrogen) atoms.